The normalized spacial score (nSPS) is 10.5. The van der Waals surface area contributed by atoms with E-state index in [4.69, 9.17) is 5.11 Å². The van der Waals surface area contributed by atoms with Crippen LogP contribution in [-0.2, 0) is 6.54 Å². The molecule has 0 saturated heterocycles. The number of hydrogen-bond donors (Lipinski definition) is 2. The molecule has 0 aliphatic rings. The summed E-state index contributed by atoms with van der Waals surface area (Å²) >= 11 is 3.39. The fourth-order valence-electron chi connectivity index (χ4n) is 1.96. The summed E-state index contributed by atoms with van der Waals surface area (Å²) in [7, 11) is 3.82. The lowest BCUT2D eigenvalue weighted by atomic mass is 10.2. The van der Waals surface area contributed by atoms with Gasteiger partial charge in [-0.1, -0.05) is 15.9 Å². The van der Waals surface area contributed by atoms with Crippen molar-refractivity contribution in [2.45, 2.75) is 6.54 Å². The van der Waals surface area contributed by atoms with E-state index in [-0.39, 0.29) is 6.54 Å². The van der Waals surface area contributed by atoms with Gasteiger partial charge in [0.15, 0.2) is 17.4 Å². The fourth-order valence-corrected chi connectivity index (χ4v) is 2.32. The number of nitrogens with one attached hydrogen (secondary N) is 1. The second-order valence-corrected chi connectivity index (χ2v) is 5.73. The van der Waals surface area contributed by atoms with Crippen LogP contribution in [0.3, 0.4) is 0 Å². The standard InChI is InChI=1S/C15H15BrF2N2O/c1-20(2)14-4-3-10(16)7-13(14)19-8-9-5-11(17)15(21)12(18)6-9/h3-7,19,21H,8H2,1-2H3. The molecule has 21 heavy (non-hydrogen) atoms. The summed E-state index contributed by atoms with van der Waals surface area (Å²) < 4.78 is 27.5. The van der Waals surface area contributed by atoms with E-state index in [9.17, 15) is 8.78 Å². The van der Waals surface area contributed by atoms with Crippen molar-refractivity contribution in [3.05, 3.63) is 52.0 Å². The summed E-state index contributed by atoms with van der Waals surface area (Å²) in [6.45, 7) is 0.241. The van der Waals surface area contributed by atoms with Gasteiger partial charge in [-0.15, -0.1) is 0 Å². The maximum atomic E-state index is 13.3. The summed E-state index contributed by atoms with van der Waals surface area (Å²) in [5.41, 5.74) is 2.20. The molecule has 0 unspecified atom stereocenters. The van der Waals surface area contributed by atoms with Crippen LogP contribution in [0.15, 0.2) is 34.8 Å². The number of hydrogen-bond acceptors (Lipinski definition) is 3. The number of benzene rings is 2. The maximum absolute atomic E-state index is 13.3. The maximum Gasteiger partial charge on any atom is 0.187 e. The number of phenols is 1. The molecule has 2 rings (SSSR count). The minimum Gasteiger partial charge on any atom is -0.503 e. The van der Waals surface area contributed by atoms with E-state index in [0.29, 0.717) is 5.56 Å². The molecule has 2 aromatic rings. The minimum atomic E-state index is -0.964. The quantitative estimate of drug-likeness (QED) is 0.865. The van der Waals surface area contributed by atoms with Crippen LogP contribution in [0.5, 0.6) is 5.75 Å². The number of rotatable bonds is 4. The van der Waals surface area contributed by atoms with Gasteiger partial charge in [-0.05, 0) is 35.9 Å². The first kappa shape index (κ1) is 15.6. The molecule has 112 valence electrons. The Morgan fingerprint density at radius 3 is 2.33 bits per heavy atom. The Bertz CT molecular complexity index is 639. The van der Waals surface area contributed by atoms with Gasteiger partial charge in [0, 0.05) is 25.1 Å². The third kappa shape index (κ3) is 3.64. The Morgan fingerprint density at radius 1 is 1.14 bits per heavy atom. The number of aromatic hydroxyl groups is 1. The summed E-state index contributed by atoms with van der Waals surface area (Å²) in [6, 6.07) is 7.96. The zero-order valence-electron chi connectivity index (χ0n) is 11.6. The Balaban J connectivity index is 2.22. The minimum absolute atomic E-state index is 0.241. The van der Waals surface area contributed by atoms with Crippen molar-refractivity contribution in [1.82, 2.24) is 0 Å². The molecule has 2 aromatic carbocycles. The highest BCUT2D eigenvalue weighted by Gasteiger charge is 2.10. The molecule has 2 N–H and O–H groups in total. The average Bonchev–Trinajstić information content (AvgIpc) is 2.42. The predicted molar refractivity (Wildman–Crippen MR) is 83.8 cm³/mol. The first-order valence-corrected chi connectivity index (χ1v) is 7.05. The van der Waals surface area contributed by atoms with Gasteiger partial charge < -0.3 is 15.3 Å². The zero-order chi connectivity index (χ0) is 15.6. The second kappa shape index (κ2) is 6.30. The van der Waals surface area contributed by atoms with Crippen LogP contribution in [-0.4, -0.2) is 19.2 Å². The second-order valence-electron chi connectivity index (χ2n) is 4.82. The summed E-state index contributed by atoms with van der Waals surface area (Å²) in [5, 5.41) is 12.2. The third-order valence-corrected chi connectivity index (χ3v) is 3.49. The van der Waals surface area contributed by atoms with Gasteiger partial charge in [0.25, 0.3) is 0 Å². The van der Waals surface area contributed by atoms with Crippen molar-refractivity contribution in [2.24, 2.45) is 0 Å². The van der Waals surface area contributed by atoms with Gasteiger partial charge in [-0.25, -0.2) is 8.78 Å². The lowest BCUT2D eigenvalue weighted by Crippen LogP contribution is -2.12. The van der Waals surface area contributed by atoms with Crippen LogP contribution in [0.25, 0.3) is 0 Å². The van der Waals surface area contributed by atoms with E-state index in [1.807, 2.05) is 37.2 Å². The van der Waals surface area contributed by atoms with Gasteiger partial charge in [0.05, 0.1) is 11.4 Å². The molecule has 0 fully saturated rings. The summed E-state index contributed by atoms with van der Waals surface area (Å²) in [4.78, 5) is 1.94. The van der Waals surface area contributed by atoms with Crippen molar-refractivity contribution in [1.29, 1.82) is 0 Å². The van der Waals surface area contributed by atoms with Gasteiger partial charge in [0.1, 0.15) is 0 Å². The summed E-state index contributed by atoms with van der Waals surface area (Å²) in [6.07, 6.45) is 0. The van der Waals surface area contributed by atoms with Crippen molar-refractivity contribution >= 4 is 27.3 Å². The van der Waals surface area contributed by atoms with Crippen LogP contribution in [0.4, 0.5) is 20.2 Å². The van der Waals surface area contributed by atoms with E-state index >= 15 is 0 Å². The Morgan fingerprint density at radius 2 is 1.76 bits per heavy atom. The number of phenolic OH excluding ortho intramolecular Hbond substituents is 1. The molecule has 0 radical (unpaired) electrons. The fraction of sp³-hybridized carbons (Fsp3) is 0.200. The number of halogens is 3. The molecule has 0 heterocycles. The van der Waals surface area contributed by atoms with Gasteiger partial charge in [-0.2, -0.15) is 0 Å². The average molecular weight is 357 g/mol. The highest BCUT2D eigenvalue weighted by atomic mass is 79.9. The van der Waals surface area contributed by atoms with E-state index < -0.39 is 17.4 Å². The highest BCUT2D eigenvalue weighted by Crippen LogP contribution is 2.29. The molecule has 0 saturated carbocycles. The van der Waals surface area contributed by atoms with Crippen molar-refractivity contribution in [2.75, 3.05) is 24.3 Å². The molecular formula is C15H15BrF2N2O. The molecule has 0 spiro atoms. The van der Waals surface area contributed by atoms with Gasteiger partial charge in [-0.3, -0.25) is 0 Å². The number of anilines is 2. The molecule has 0 aromatic heterocycles. The van der Waals surface area contributed by atoms with Crippen molar-refractivity contribution in [3.8, 4) is 5.75 Å². The van der Waals surface area contributed by atoms with Crippen molar-refractivity contribution in [3.63, 3.8) is 0 Å². The monoisotopic (exact) mass is 356 g/mol. The lowest BCUT2D eigenvalue weighted by molar-refractivity contribution is 0.395. The Hall–Kier alpha value is -1.82. The van der Waals surface area contributed by atoms with E-state index in [1.165, 1.54) is 0 Å². The lowest BCUT2D eigenvalue weighted by Gasteiger charge is -2.19. The molecule has 6 heteroatoms. The SMILES string of the molecule is CN(C)c1ccc(Br)cc1NCc1cc(F)c(O)c(F)c1. The Kier molecular flexibility index (Phi) is 4.67. The van der Waals surface area contributed by atoms with E-state index in [0.717, 1.165) is 28.0 Å². The van der Waals surface area contributed by atoms with Crippen LogP contribution >= 0.6 is 15.9 Å². The molecular weight excluding hydrogens is 342 g/mol. The van der Waals surface area contributed by atoms with Crippen LogP contribution < -0.4 is 10.2 Å². The third-order valence-electron chi connectivity index (χ3n) is 3.00. The van der Waals surface area contributed by atoms with E-state index in [1.54, 1.807) is 0 Å². The van der Waals surface area contributed by atoms with Gasteiger partial charge >= 0.3 is 0 Å². The van der Waals surface area contributed by atoms with Crippen LogP contribution in [0.1, 0.15) is 5.56 Å². The molecule has 3 nitrogen and oxygen atoms in total. The van der Waals surface area contributed by atoms with Crippen LogP contribution in [0, 0.1) is 11.6 Å². The zero-order valence-corrected chi connectivity index (χ0v) is 13.2. The molecule has 0 bridgehead atoms. The molecule has 0 aliphatic heterocycles. The molecule has 0 amide bonds. The van der Waals surface area contributed by atoms with Crippen LogP contribution in [0.2, 0.25) is 0 Å². The number of nitrogens with zero attached hydrogens (tertiary/aromatic N) is 1. The summed E-state index contributed by atoms with van der Waals surface area (Å²) in [5.74, 6) is -2.88. The largest absolute Gasteiger partial charge is 0.503 e. The first-order valence-electron chi connectivity index (χ1n) is 6.26. The Labute approximate surface area is 130 Å². The first-order chi connectivity index (χ1) is 9.88. The molecule has 0 atom stereocenters. The smallest absolute Gasteiger partial charge is 0.187 e. The topological polar surface area (TPSA) is 35.5 Å². The highest BCUT2D eigenvalue weighted by molar-refractivity contribution is 9.10. The molecule has 0 aliphatic carbocycles. The van der Waals surface area contributed by atoms with E-state index in [2.05, 4.69) is 21.2 Å². The van der Waals surface area contributed by atoms with Crippen molar-refractivity contribution < 1.29 is 13.9 Å². The predicted octanol–water partition coefficient (Wildman–Crippen LogP) is 4.11. The van der Waals surface area contributed by atoms with Gasteiger partial charge in [0.2, 0.25) is 0 Å².